The normalized spacial score (nSPS) is 23.4. The lowest BCUT2D eigenvalue weighted by Gasteiger charge is -2.34. The molecule has 0 aliphatic heterocycles. The van der Waals surface area contributed by atoms with Gasteiger partial charge in [0, 0.05) is 19.4 Å². The second kappa shape index (κ2) is 3.57. The van der Waals surface area contributed by atoms with Gasteiger partial charge in [-0.15, -0.1) is 0 Å². The number of halogens is 2. The molecule has 0 unspecified atom stereocenters. The first-order valence-corrected chi connectivity index (χ1v) is 4.32. The zero-order valence-electron chi connectivity index (χ0n) is 7.52. The molecule has 0 spiro atoms. The highest BCUT2D eigenvalue weighted by atomic mass is 19.3. The molecular weight excluding hydrogens is 178 g/mol. The van der Waals surface area contributed by atoms with Crippen LogP contribution in [0.3, 0.4) is 0 Å². The molecule has 3 nitrogen and oxygen atoms in total. The lowest BCUT2D eigenvalue weighted by Crippen LogP contribution is -2.46. The summed E-state index contributed by atoms with van der Waals surface area (Å²) in [6.07, 6.45) is -0.238. The average molecular weight is 192 g/mol. The highest BCUT2D eigenvalue weighted by Gasteiger charge is 2.44. The molecule has 1 aliphatic carbocycles. The Kier molecular flexibility index (Phi) is 2.85. The Hall–Kier alpha value is -0.710. The lowest BCUT2D eigenvalue weighted by atomic mass is 9.81. The first kappa shape index (κ1) is 10.4. The number of carbonyl (C=O) groups is 1. The van der Waals surface area contributed by atoms with Crippen molar-refractivity contribution in [3.8, 4) is 0 Å². The average Bonchev–Trinajstić information content (AvgIpc) is 1.95. The van der Waals surface area contributed by atoms with E-state index in [0.717, 1.165) is 0 Å². The Morgan fingerprint density at radius 2 is 2.23 bits per heavy atom. The summed E-state index contributed by atoms with van der Waals surface area (Å²) in [6.45, 7) is 1.88. The van der Waals surface area contributed by atoms with Crippen molar-refractivity contribution >= 4 is 5.91 Å². The van der Waals surface area contributed by atoms with Crippen LogP contribution in [0.15, 0.2) is 0 Å². The molecule has 13 heavy (non-hydrogen) atoms. The number of hydrogen-bond acceptors (Lipinski definition) is 2. The van der Waals surface area contributed by atoms with Crippen molar-refractivity contribution in [3.63, 3.8) is 0 Å². The zero-order chi connectivity index (χ0) is 10.1. The maximum absolute atomic E-state index is 12.3. The van der Waals surface area contributed by atoms with Gasteiger partial charge in [-0.05, 0) is 12.8 Å². The molecule has 0 bridgehead atoms. The van der Waals surface area contributed by atoms with Crippen molar-refractivity contribution in [2.45, 2.75) is 31.7 Å². The molecule has 1 atom stereocenters. The minimum atomic E-state index is -2.51. The van der Waals surface area contributed by atoms with Crippen molar-refractivity contribution in [1.82, 2.24) is 5.32 Å². The van der Waals surface area contributed by atoms with E-state index in [9.17, 15) is 13.6 Å². The van der Waals surface area contributed by atoms with E-state index >= 15 is 0 Å². The Bertz CT molecular complexity index is 198. The van der Waals surface area contributed by atoms with Crippen molar-refractivity contribution < 1.29 is 13.6 Å². The molecule has 1 amide bonds. The summed E-state index contributed by atoms with van der Waals surface area (Å²) < 4.78 is 24.7. The van der Waals surface area contributed by atoms with Gasteiger partial charge in [0.05, 0.1) is 6.04 Å². The maximum Gasteiger partial charge on any atom is 0.248 e. The van der Waals surface area contributed by atoms with Gasteiger partial charge < -0.3 is 11.1 Å². The molecule has 0 saturated heterocycles. The van der Waals surface area contributed by atoms with Crippen LogP contribution in [-0.4, -0.2) is 24.4 Å². The number of nitrogens with one attached hydrogen (secondary N) is 1. The van der Waals surface area contributed by atoms with Crippen molar-refractivity contribution in [3.05, 3.63) is 0 Å². The minimum absolute atomic E-state index is 0.0855. The summed E-state index contributed by atoms with van der Waals surface area (Å²) in [6, 6.07) is -0.569. The molecule has 1 fully saturated rings. The summed E-state index contributed by atoms with van der Waals surface area (Å²) in [5, 5.41) is 2.52. The fourth-order valence-corrected chi connectivity index (χ4v) is 1.34. The van der Waals surface area contributed by atoms with Gasteiger partial charge in [-0.25, -0.2) is 8.78 Å². The molecule has 1 aliphatic rings. The first-order valence-electron chi connectivity index (χ1n) is 4.32. The van der Waals surface area contributed by atoms with Gasteiger partial charge in [0.1, 0.15) is 0 Å². The van der Waals surface area contributed by atoms with Crippen molar-refractivity contribution in [1.29, 1.82) is 0 Å². The second-order valence-corrected chi connectivity index (χ2v) is 3.66. The molecule has 5 heteroatoms. The van der Waals surface area contributed by atoms with Crippen molar-refractivity contribution in [2.75, 3.05) is 6.54 Å². The van der Waals surface area contributed by atoms with Crippen LogP contribution in [0, 0.1) is 5.92 Å². The van der Waals surface area contributed by atoms with Gasteiger partial charge >= 0.3 is 0 Å². The Labute approximate surface area is 75.7 Å². The molecule has 76 valence electrons. The predicted molar refractivity (Wildman–Crippen MR) is 44.3 cm³/mol. The third kappa shape index (κ3) is 2.91. The summed E-state index contributed by atoms with van der Waals surface area (Å²) in [4.78, 5) is 10.9. The van der Waals surface area contributed by atoms with Crippen LogP contribution in [0.4, 0.5) is 8.78 Å². The Morgan fingerprint density at radius 1 is 1.69 bits per heavy atom. The van der Waals surface area contributed by atoms with Gasteiger partial charge in [0.2, 0.25) is 11.8 Å². The molecule has 1 saturated carbocycles. The highest BCUT2D eigenvalue weighted by molar-refractivity contribution is 5.80. The smallest absolute Gasteiger partial charge is 0.248 e. The van der Waals surface area contributed by atoms with Crippen LogP contribution >= 0.6 is 0 Å². The zero-order valence-corrected chi connectivity index (χ0v) is 7.52. The third-order valence-corrected chi connectivity index (χ3v) is 2.15. The fourth-order valence-electron chi connectivity index (χ4n) is 1.34. The highest BCUT2D eigenvalue weighted by Crippen LogP contribution is 2.41. The Morgan fingerprint density at radius 3 is 2.62 bits per heavy atom. The number of alkyl halides is 2. The molecule has 0 aromatic heterocycles. The minimum Gasteiger partial charge on any atom is -0.354 e. The second-order valence-electron chi connectivity index (χ2n) is 3.66. The number of carbonyl (C=O) groups excluding carboxylic acids is 1. The van der Waals surface area contributed by atoms with E-state index < -0.39 is 12.0 Å². The van der Waals surface area contributed by atoms with Crippen LogP contribution in [0.5, 0.6) is 0 Å². The van der Waals surface area contributed by atoms with Gasteiger partial charge in [-0.1, -0.05) is 0 Å². The van der Waals surface area contributed by atoms with E-state index in [1.54, 1.807) is 6.92 Å². The fraction of sp³-hybridized carbons (Fsp3) is 0.875. The van der Waals surface area contributed by atoms with Gasteiger partial charge in [0.25, 0.3) is 0 Å². The Balaban J connectivity index is 2.12. The largest absolute Gasteiger partial charge is 0.354 e. The summed E-state index contributed by atoms with van der Waals surface area (Å²) in [5.74, 6) is -2.88. The number of rotatable bonds is 3. The molecule has 0 heterocycles. The number of nitrogens with two attached hydrogens (primary N) is 1. The van der Waals surface area contributed by atoms with E-state index in [2.05, 4.69) is 5.32 Å². The van der Waals surface area contributed by atoms with Crippen LogP contribution in [-0.2, 0) is 4.79 Å². The van der Waals surface area contributed by atoms with E-state index in [4.69, 9.17) is 5.73 Å². The lowest BCUT2D eigenvalue weighted by molar-refractivity contribution is -0.126. The van der Waals surface area contributed by atoms with Crippen LogP contribution in [0.1, 0.15) is 19.8 Å². The van der Waals surface area contributed by atoms with E-state index in [1.165, 1.54) is 0 Å². The quantitative estimate of drug-likeness (QED) is 0.684. The monoisotopic (exact) mass is 192 g/mol. The molecule has 1 rings (SSSR count). The maximum atomic E-state index is 12.3. The number of hydrogen-bond donors (Lipinski definition) is 2. The molecular formula is C8H14F2N2O. The van der Waals surface area contributed by atoms with Crippen LogP contribution in [0.2, 0.25) is 0 Å². The summed E-state index contributed by atoms with van der Waals surface area (Å²) in [7, 11) is 0. The summed E-state index contributed by atoms with van der Waals surface area (Å²) in [5.41, 5.74) is 5.27. The topological polar surface area (TPSA) is 55.1 Å². The van der Waals surface area contributed by atoms with Gasteiger partial charge in [-0.2, -0.15) is 0 Å². The van der Waals surface area contributed by atoms with Crippen LogP contribution < -0.4 is 11.1 Å². The molecule has 0 radical (unpaired) electrons. The third-order valence-electron chi connectivity index (χ3n) is 2.15. The SMILES string of the molecule is C[C@H](N)C(=O)NCC1CC(F)(F)C1. The van der Waals surface area contributed by atoms with E-state index in [1.807, 2.05) is 0 Å². The molecule has 3 N–H and O–H groups in total. The molecule has 0 aromatic carbocycles. The number of amides is 1. The predicted octanol–water partition coefficient (Wildman–Crippen LogP) is 0.495. The standard InChI is InChI=1S/C8H14F2N2O/c1-5(11)7(13)12-4-6-2-8(9,10)3-6/h5-6H,2-4,11H2,1H3,(H,12,13)/t5-/m0/s1. The van der Waals surface area contributed by atoms with Crippen LogP contribution in [0.25, 0.3) is 0 Å². The first-order chi connectivity index (χ1) is 5.91. The van der Waals surface area contributed by atoms with Gasteiger partial charge in [0.15, 0.2) is 0 Å². The van der Waals surface area contributed by atoms with E-state index in [0.29, 0.717) is 6.54 Å². The summed E-state index contributed by atoms with van der Waals surface area (Å²) >= 11 is 0. The molecule has 0 aromatic rings. The van der Waals surface area contributed by atoms with Crippen molar-refractivity contribution in [2.24, 2.45) is 11.7 Å². The van der Waals surface area contributed by atoms with Gasteiger partial charge in [-0.3, -0.25) is 4.79 Å². The van der Waals surface area contributed by atoms with E-state index in [-0.39, 0.29) is 24.7 Å².